The molecule has 0 aromatic heterocycles. The average molecular weight is 382 g/mol. The standard InChI is InChI=1S/C16H30O8S/c1-3-20-5-7-22-9-10-24-16(19)14(17)13-15(18)25-12-11-23-8-6-21-4-2/h14,17H,3-13H2,1-2H3. The average Bonchev–Trinajstić information content (AvgIpc) is 2.59. The number of hydrogen-bond donors (Lipinski definition) is 1. The third-order valence-electron chi connectivity index (χ3n) is 2.75. The monoisotopic (exact) mass is 382 g/mol. The molecule has 0 fully saturated rings. The molecule has 0 aliphatic rings. The lowest BCUT2D eigenvalue weighted by Crippen LogP contribution is -2.26. The third kappa shape index (κ3) is 16.5. The summed E-state index contributed by atoms with van der Waals surface area (Å²) in [6.45, 7) is 7.59. The van der Waals surface area contributed by atoms with Crippen LogP contribution in [0, 0.1) is 0 Å². The van der Waals surface area contributed by atoms with Crippen molar-refractivity contribution in [3.8, 4) is 0 Å². The highest BCUT2D eigenvalue weighted by atomic mass is 32.2. The molecule has 0 saturated carbocycles. The molecule has 0 bridgehead atoms. The molecule has 0 aromatic rings. The molecule has 1 atom stereocenters. The van der Waals surface area contributed by atoms with Gasteiger partial charge in [0.25, 0.3) is 0 Å². The van der Waals surface area contributed by atoms with Gasteiger partial charge in [0.1, 0.15) is 6.61 Å². The van der Waals surface area contributed by atoms with Gasteiger partial charge >= 0.3 is 5.97 Å². The van der Waals surface area contributed by atoms with E-state index in [0.717, 1.165) is 11.8 Å². The minimum atomic E-state index is -1.46. The maximum Gasteiger partial charge on any atom is 0.335 e. The lowest BCUT2D eigenvalue weighted by Gasteiger charge is -2.10. The summed E-state index contributed by atoms with van der Waals surface area (Å²) in [7, 11) is 0. The van der Waals surface area contributed by atoms with Crippen LogP contribution in [0.3, 0.4) is 0 Å². The highest BCUT2D eigenvalue weighted by Gasteiger charge is 2.20. The maximum atomic E-state index is 11.6. The minimum Gasteiger partial charge on any atom is -0.461 e. The predicted octanol–water partition coefficient (Wildman–Crippen LogP) is 0.647. The van der Waals surface area contributed by atoms with Gasteiger partial charge in [-0.25, -0.2) is 4.79 Å². The summed E-state index contributed by atoms with van der Waals surface area (Å²) in [5.74, 6) is -0.365. The van der Waals surface area contributed by atoms with Crippen molar-refractivity contribution >= 4 is 22.8 Å². The van der Waals surface area contributed by atoms with Gasteiger partial charge in [-0.15, -0.1) is 0 Å². The Morgan fingerprint density at radius 1 is 0.840 bits per heavy atom. The summed E-state index contributed by atoms with van der Waals surface area (Å²) in [6, 6.07) is 0. The first-order chi connectivity index (χ1) is 12.1. The second kappa shape index (κ2) is 18.1. The van der Waals surface area contributed by atoms with Gasteiger partial charge < -0.3 is 28.8 Å². The number of ether oxygens (including phenoxy) is 5. The van der Waals surface area contributed by atoms with Crippen LogP contribution in [-0.2, 0) is 33.3 Å². The number of aliphatic hydroxyl groups is 1. The molecular formula is C16H30O8S. The van der Waals surface area contributed by atoms with E-state index in [0.29, 0.717) is 52.0 Å². The topological polar surface area (TPSA) is 101 Å². The number of aliphatic hydroxyl groups excluding tert-OH is 1. The van der Waals surface area contributed by atoms with Crippen molar-refractivity contribution in [2.45, 2.75) is 26.4 Å². The fourth-order valence-corrected chi connectivity index (χ4v) is 2.25. The zero-order valence-electron chi connectivity index (χ0n) is 15.1. The Kier molecular flexibility index (Phi) is 17.6. The number of hydrogen-bond acceptors (Lipinski definition) is 9. The van der Waals surface area contributed by atoms with Crippen molar-refractivity contribution < 1.29 is 38.4 Å². The number of carbonyl (C=O) groups excluding carboxylic acids is 2. The fourth-order valence-electron chi connectivity index (χ4n) is 1.54. The molecule has 0 aliphatic heterocycles. The van der Waals surface area contributed by atoms with Crippen molar-refractivity contribution in [3.63, 3.8) is 0 Å². The third-order valence-corrected chi connectivity index (χ3v) is 3.61. The van der Waals surface area contributed by atoms with Crippen molar-refractivity contribution in [3.05, 3.63) is 0 Å². The molecule has 0 rings (SSSR count). The van der Waals surface area contributed by atoms with Crippen LogP contribution in [-0.4, -0.2) is 87.5 Å². The Morgan fingerprint density at radius 2 is 1.36 bits per heavy atom. The molecule has 25 heavy (non-hydrogen) atoms. The molecule has 0 saturated heterocycles. The molecule has 0 aliphatic carbocycles. The second-order valence-electron chi connectivity index (χ2n) is 4.73. The van der Waals surface area contributed by atoms with E-state index in [2.05, 4.69) is 0 Å². The molecule has 1 N–H and O–H groups in total. The predicted molar refractivity (Wildman–Crippen MR) is 93.7 cm³/mol. The first-order valence-electron chi connectivity index (χ1n) is 8.43. The summed E-state index contributed by atoms with van der Waals surface area (Å²) in [6.07, 6.45) is -1.74. The van der Waals surface area contributed by atoms with Crippen molar-refractivity contribution in [1.82, 2.24) is 0 Å². The Balaban J connectivity index is 3.56. The van der Waals surface area contributed by atoms with E-state index >= 15 is 0 Å². The highest BCUT2D eigenvalue weighted by molar-refractivity contribution is 8.13. The summed E-state index contributed by atoms with van der Waals surface area (Å²) in [5, 5.41) is 9.36. The van der Waals surface area contributed by atoms with Gasteiger partial charge in [0.15, 0.2) is 11.2 Å². The maximum absolute atomic E-state index is 11.6. The van der Waals surface area contributed by atoms with Crippen LogP contribution in [0.4, 0.5) is 0 Å². The van der Waals surface area contributed by atoms with Gasteiger partial charge in [-0.3, -0.25) is 4.79 Å². The van der Waals surface area contributed by atoms with Gasteiger partial charge in [-0.2, -0.15) is 0 Å². The quantitative estimate of drug-likeness (QED) is 0.287. The number of esters is 1. The summed E-state index contributed by atoms with van der Waals surface area (Å²) in [5.41, 5.74) is 0. The van der Waals surface area contributed by atoms with Crippen LogP contribution in [0.25, 0.3) is 0 Å². The summed E-state index contributed by atoms with van der Waals surface area (Å²) in [4.78, 5) is 23.2. The molecule has 0 aromatic carbocycles. The summed E-state index contributed by atoms with van der Waals surface area (Å²) >= 11 is 1.01. The van der Waals surface area contributed by atoms with E-state index in [1.165, 1.54) is 0 Å². The molecule has 148 valence electrons. The Hall–Kier alpha value is -0.710. The number of carbonyl (C=O) groups is 2. The number of thioether (sulfide) groups is 1. The van der Waals surface area contributed by atoms with Crippen LogP contribution in [0.1, 0.15) is 20.3 Å². The van der Waals surface area contributed by atoms with Gasteiger partial charge in [-0.1, -0.05) is 11.8 Å². The van der Waals surface area contributed by atoms with E-state index < -0.39 is 12.1 Å². The highest BCUT2D eigenvalue weighted by Crippen LogP contribution is 2.08. The second-order valence-corrected chi connectivity index (χ2v) is 5.88. The Labute approximate surface area is 153 Å². The SMILES string of the molecule is CCOCCOCCOC(=O)C(O)CC(=O)SCCOCCOCC. The van der Waals surface area contributed by atoms with Crippen molar-refractivity contribution in [1.29, 1.82) is 0 Å². The first-order valence-corrected chi connectivity index (χ1v) is 9.41. The van der Waals surface area contributed by atoms with Gasteiger partial charge in [0, 0.05) is 19.0 Å². The van der Waals surface area contributed by atoms with Crippen LogP contribution in [0.2, 0.25) is 0 Å². The van der Waals surface area contributed by atoms with E-state index in [-0.39, 0.29) is 24.7 Å². The Morgan fingerprint density at radius 3 is 1.96 bits per heavy atom. The van der Waals surface area contributed by atoms with Gasteiger partial charge in [-0.05, 0) is 13.8 Å². The normalized spacial score (nSPS) is 12.1. The lowest BCUT2D eigenvalue weighted by molar-refractivity contribution is -0.156. The minimum absolute atomic E-state index is 0.0248. The lowest BCUT2D eigenvalue weighted by atomic mass is 10.3. The molecule has 0 radical (unpaired) electrons. The fraction of sp³-hybridized carbons (Fsp3) is 0.875. The van der Waals surface area contributed by atoms with Gasteiger partial charge in [0.2, 0.25) is 0 Å². The smallest absolute Gasteiger partial charge is 0.335 e. The molecule has 0 spiro atoms. The zero-order valence-corrected chi connectivity index (χ0v) is 15.9. The van der Waals surface area contributed by atoms with Crippen molar-refractivity contribution in [2.75, 3.05) is 65.2 Å². The molecule has 9 heteroatoms. The van der Waals surface area contributed by atoms with E-state index in [1.54, 1.807) is 0 Å². The molecular weight excluding hydrogens is 352 g/mol. The molecule has 0 heterocycles. The molecule has 0 amide bonds. The van der Waals surface area contributed by atoms with Crippen LogP contribution < -0.4 is 0 Å². The van der Waals surface area contributed by atoms with E-state index in [1.807, 2.05) is 13.8 Å². The van der Waals surface area contributed by atoms with Crippen LogP contribution in [0.5, 0.6) is 0 Å². The van der Waals surface area contributed by atoms with E-state index in [9.17, 15) is 14.7 Å². The van der Waals surface area contributed by atoms with Gasteiger partial charge in [0.05, 0.1) is 46.1 Å². The molecule has 8 nitrogen and oxygen atoms in total. The number of rotatable bonds is 17. The largest absolute Gasteiger partial charge is 0.461 e. The van der Waals surface area contributed by atoms with E-state index in [4.69, 9.17) is 23.7 Å². The summed E-state index contributed by atoms with van der Waals surface area (Å²) < 4.78 is 25.5. The van der Waals surface area contributed by atoms with Crippen LogP contribution in [0.15, 0.2) is 0 Å². The van der Waals surface area contributed by atoms with Crippen molar-refractivity contribution in [2.24, 2.45) is 0 Å². The molecule has 1 unspecified atom stereocenters. The first kappa shape index (κ1) is 24.3. The zero-order chi connectivity index (χ0) is 18.8. The van der Waals surface area contributed by atoms with Crippen LogP contribution >= 0.6 is 11.8 Å². The Bertz CT molecular complexity index is 340.